The van der Waals surface area contributed by atoms with Gasteiger partial charge in [0.2, 0.25) is 0 Å². The van der Waals surface area contributed by atoms with Crippen LogP contribution in [0.5, 0.6) is 11.5 Å². The van der Waals surface area contributed by atoms with Crippen LogP contribution in [0.25, 0.3) is 16.0 Å². The predicted molar refractivity (Wildman–Crippen MR) is 140 cm³/mol. The highest BCUT2D eigenvalue weighted by Gasteiger charge is 2.48. The Hall–Kier alpha value is -3.88. The van der Waals surface area contributed by atoms with Crippen LogP contribution in [-0.2, 0) is 9.59 Å². The van der Waals surface area contributed by atoms with Gasteiger partial charge in [-0.15, -0.1) is 0 Å². The first-order valence-corrected chi connectivity index (χ1v) is 12.2. The summed E-state index contributed by atoms with van der Waals surface area (Å²) in [6.07, 6.45) is 0. The van der Waals surface area contributed by atoms with Gasteiger partial charge in [0, 0.05) is 10.6 Å². The number of hydrogen-bond donors (Lipinski definition) is 2. The van der Waals surface area contributed by atoms with Crippen LogP contribution in [0.15, 0.2) is 60.2 Å². The number of aromatic hydroxyl groups is 1. The monoisotopic (exact) mass is 520 g/mol. The van der Waals surface area contributed by atoms with Gasteiger partial charge >= 0.3 is 5.91 Å². The third-order valence-electron chi connectivity index (χ3n) is 6.16. The Kier molecular flexibility index (Phi) is 5.94. The van der Waals surface area contributed by atoms with Gasteiger partial charge in [-0.25, -0.2) is 4.98 Å². The molecule has 1 saturated heterocycles. The fraction of sp³-hybridized carbons (Fsp3) is 0.148. The molecule has 0 radical (unpaired) electrons. The zero-order valence-corrected chi connectivity index (χ0v) is 21.1. The topological polar surface area (TPSA) is 100.0 Å². The molecule has 2 N–H and O–H groups in total. The lowest BCUT2D eigenvalue weighted by molar-refractivity contribution is -0.132. The number of carbonyl (C=O) groups is 2. The molecule has 2 heterocycles. The summed E-state index contributed by atoms with van der Waals surface area (Å²) in [4.78, 5) is 32.7. The van der Waals surface area contributed by atoms with Gasteiger partial charge in [0.25, 0.3) is 5.78 Å². The van der Waals surface area contributed by atoms with Crippen molar-refractivity contribution in [1.82, 2.24) is 4.98 Å². The SMILES string of the molecule is COc1cc(C2/C(=C(\O)c3cc(C)ccc3C)C(=O)C(=O)N2c2nc3ccc(Cl)cc3s2)ccc1O. The summed E-state index contributed by atoms with van der Waals surface area (Å²) < 4.78 is 6.02. The standard InChI is InChI=1S/C27H21ClN2O5S/c1-13-4-5-14(2)17(10-13)24(32)22-23(15-6-9-19(31)20(11-15)35-3)30(26(34)25(22)33)27-29-18-8-7-16(28)12-21(18)36-27/h4-12,23,31-32H,1-3H3/b24-22+. The molecular formula is C27H21ClN2O5S. The number of phenolic OH excluding ortho intramolecular Hbond substituents is 1. The summed E-state index contributed by atoms with van der Waals surface area (Å²) in [7, 11) is 1.41. The van der Waals surface area contributed by atoms with Crippen LogP contribution in [0, 0.1) is 13.8 Å². The van der Waals surface area contributed by atoms with Gasteiger partial charge < -0.3 is 14.9 Å². The molecule has 182 valence electrons. The molecular weight excluding hydrogens is 500 g/mol. The molecule has 0 bridgehead atoms. The molecule has 0 spiro atoms. The number of aryl methyl sites for hydroxylation is 2. The third kappa shape index (κ3) is 3.88. The number of nitrogens with zero attached hydrogens (tertiary/aromatic N) is 2. The van der Waals surface area contributed by atoms with Gasteiger partial charge in [-0.05, 0) is 61.4 Å². The van der Waals surface area contributed by atoms with Crippen molar-refractivity contribution in [3.63, 3.8) is 0 Å². The van der Waals surface area contributed by atoms with Crippen molar-refractivity contribution in [1.29, 1.82) is 0 Å². The fourth-order valence-corrected chi connectivity index (χ4v) is 5.60. The van der Waals surface area contributed by atoms with Crippen molar-refractivity contribution < 1.29 is 24.5 Å². The zero-order valence-electron chi connectivity index (χ0n) is 19.6. The number of anilines is 1. The molecule has 4 aromatic rings. The van der Waals surface area contributed by atoms with Crippen molar-refractivity contribution in [2.24, 2.45) is 0 Å². The normalized spacial score (nSPS) is 17.2. The second kappa shape index (κ2) is 8.96. The van der Waals surface area contributed by atoms with Gasteiger partial charge in [0.1, 0.15) is 5.76 Å². The van der Waals surface area contributed by atoms with Crippen LogP contribution in [0.3, 0.4) is 0 Å². The highest BCUT2D eigenvalue weighted by Crippen LogP contribution is 2.46. The average molecular weight is 521 g/mol. The molecule has 1 aliphatic heterocycles. The minimum absolute atomic E-state index is 0.0706. The van der Waals surface area contributed by atoms with Gasteiger partial charge in [-0.3, -0.25) is 14.5 Å². The second-order valence-electron chi connectivity index (χ2n) is 8.53. The van der Waals surface area contributed by atoms with E-state index in [1.54, 1.807) is 36.4 Å². The van der Waals surface area contributed by atoms with Crippen LogP contribution < -0.4 is 9.64 Å². The molecule has 1 aliphatic rings. The Morgan fingerprint density at radius 1 is 1.08 bits per heavy atom. The lowest BCUT2D eigenvalue weighted by Gasteiger charge is -2.23. The minimum atomic E-state index is -1.00. The Bertz CT molecular complexity index is 1590. The van der Waals surface area contributed by atoms with E-state index in [9.17, 15) is 19.8 Å². The van der Waals surface area contributed by atoms with E-state index in [1.165, 1.54) is 29.4 Å². The van der Waals surface area contributed by atoms with E-state index in [2.05, 4.69) is 4.98 Å². The number of aromatic nitrogens is 1. The first kappa shape index (κ1) is 23.8. The minimum Gasteiger partial charge on any atom is -0.507 e. The Morgan fingerprint density at radius 2 is 1.86 bits per heavy atom. The Labute approximate surface area is 215 Å². The number of amides is 1. The molecule has 1 aromatic heterocycles. The van der Waals surface area contributed by atoms with Crippen LogP contribution in [0.1, 0.15) is 28.3 Å². The number of Topliss-reactive ketones (excluding diaryl/α,β-unsaturated/α-hetero) is 1. The maximum absolute atomic E-state index is 13.4. The van der Waals surface area contributed by atoms with Gasteiger partial charge in [0.15, 0.2) is 16.6 Å². The number of phenols is 1. The molecule has 7 nitrogen and oxygen atoms in total. The van der Waals surface area contributed by atoms with Gasteiger partial charge in [-0.2, -0.15) is 0 Å². The van der Waals surface area contributed by atoms with Crippen LogP contribution in [0.2, 0.25) is 5.02 Å². The fourth-order valence-electron chi connectivity index (χ4n) is 4.33. The number of methoxy groups -OCH3 is 1. The summed E-state index contributed by atoms with van der Waals surface area (Å²) >= 11 is 7.35. The summed E-state index contributed by atoms with van der Waals surface area (Å²) in [6.45, 7) is 3.70. The van der Waals surface area contributed by atoms with Crippen molar-refractivity contribution in [3.8, 4) is 11.5 Å². The highest BCUT2D eigenvalue weighted by atomic mass is 35.5. The number of hydrogen-bond acceptors (Lipinski definition) is 7. The molecule has 0 aliphatic carbocycles. The Morgan fingerprint density at radius 3 is 2.61 bits per heavy atom. The molecule has 0 saturated carbocycles. The number of thiazole rings is 1. The number of aliphatic hydroxyl groups is 1. The van der Waals surface area contributed by atoms with E-state index >= 15 is 0 Å². The molecule has 1 atom stereocenters. The number of aliphatic hydroxyl groups excluding tert-OH is 1. The number of halogens is 1. The van der Waals surface area contributed by atoms with Crippen LogP contribution in [-0.4, -0.2) is 34.0 Å². The van der Waals surface area contributed by atoms with Gasteiger partial charge in [0.05, 0.1) is 28.9 Å². The van der Waals surface area contributed by atoms with Crippen molar-refractivity contribution in [3.05, 3.63) is 87.4 Å². The summed E-state index contributed by atoms with van der Waals surface area (Å²) in [5.74, 6) is -1.85. The molecule has 36 heavy (non-hydrogen) atoms. The van der Waals surface area contributed by atoms with Gasteiger partial charge in [-0.1, -0.05) is 46.7 Å². The Balaban J connectivity index is 1.78. The molecule has 9 heteroatoms. The summed E-state index contributed by atoms with van der Waals surface area (Å²) in [5.41, 5.74) is 3.12. The van der Waals surface area contributed by atoms with E-state index in [0.717, 1.165) is 15.8 Å². The largest absolute Gasteiger partial charge is 0.507 e. The quantitative estimate of drug-likeness (QED) is 0.197. The second-order valence-corrected chi connectivity index (χ2v) is 9.97. The highest BCUT2D eigenvalue weighted by molar-refractivity contribution is 7.22. The van der Waals surface area contributed by atoms with Crippen LogP contribution in [0.4, 0.5) is 5.13 Å². The lowest BCUT2D eigenvalue weighted by Crippen LogP contribution is -2.29. The number of rotatable bonds is 4. The van der Waals surface area contributed by atoms with Crippen molar-refractivity contribution in [2.75, 3.05) is 12.0 Å². The average Bonchev–Trinajstić information content (AvgIpc) is 3.38. The van der Waals surface area contributed by atoms with E-state index in [0.29, 0.717) is 21.7 Å². The number of ketones is 1. The van der Waals surface area contributed by atoms with E-state index in [1.807, 2.05) is 26.0 Å². The smallest absolute Gasteiger partial charge is 0.301 e. The summed E-state index contributed by atoms with van der Waals surface area (Å²) in [5, 5.41) is 22.4. The first-order valence-electron chi connectivity index (χ1n) is 11.0. The van der Waals surface area contributed by atoms with Crippen LogP contribution >= 0.6 is 22.9 Å². The predicted octanol–water partition coefficient (Wildman–Crippen LogP) is 5.91. The maximum Gasteiger partial charge on any atom is 0.301 e. The van der Waals surface area contributed by atoms with E-state index in [4.69, 9.17) is 16.3 Å². The first-order chi connectivity index (χ1) is 17.2. The number of ether oxygens (including phenoxy) is 1. The lowest BCUT2D eigenvalue weighted by atomic mass is 9.93. The molecule has 1 amide bonds. The third-order valence-corrected chi connectivity index (χ3v) is 7.41. The van der Waals surface area contributed by atoms with Crippen molar-refractivity contribution >= 4 is 55.7 Å². The number of fused-ring (bicyclic) bond motifs is 1. The van der Waals surface area contributed by atoms with E-state index in [-0.39, 0.29) is 28.0 Å². The number of carbonyl (C=O) groups excluding carboxylic acids is 2. The molecule has 1 unspecified atom stereocenters. The van der Waals surface area contributed by atoms with Crippen molar-refractivity contribution in [2.45, 2.75) is 19.9 Å². The molecule has 1 fully saturated rings. The number of benzene rings is 3. The maximum atomic E-state index is 13.4. The zero-order chi connectivity index (χ0) is 25.7. The molecule has 3 aromatic carbocycles. The molecule has 5 rings (SSSR count). The summed E-state index contributed by atoms with van der Waals surface area (Å²) in [6, 6.07) is 14.2. The van der Waals surface area contributed by atoms with E-state index < -0.39 is 17.7 Å².